The largest absolute Gasteiger partial charge is 0.345 e. The van der Waals surface area contributed by atoms with Gasteiger partial charge >= 0.3 is 0 Å². The number of hydrogen-bond donors (Lipinski definition) is 2. The lowest BCUT2D eigenvalue weighted by Crippen LogP contribution is -2.30. The number of halogens is 1. The van der Waals surface area contributed by atoms with Gasteiger partial charge in [0.25, 0.3) is 17.2 Å². The fraction of sp³-hybridized carbons (Fsp3) is 0.125. The van der Waals surface area contributed by atoms with Gasteiger partial charge in [-0.3, -0.25) is 9.35 Å². The minimum absolute atomic E-state index is 0.160. The van der Waals surface area contributed by atoms with E-state index in [1.54, 1.807) is 6.07 Å². The average molecular weight is 513 g/mol. The van der Waals surface area contributed by atoms with Crippen LogP contribution >= 0.6 is 23.3 Å². The Morgan fingerprint density at radius 2 is 1.76 bits per heavy atom. The van der Waals surface area contributed by atoms with E-state index in [2.05, 4.69) is 14.1 Å². The molecule has 0 aliphatic rings. The predicted molar refractivity (Wildman–Crippen MR) is 136 cm³/mol. The van der Waals surface area contributed by atoms with Crippen LogP contribution in [0.1, 0.15) is 40.1 Å². The fourth-order valence-electron chi connectivity index (χ4n) is 3.49. The van der Waals surface area contributed by atoms with Crippen molar-refractivity contribution >= 4 is 52.0 Å². The molecule has 0 saturated carbocycles. The molecule has 3 aromatic carbocycles. The third-order valence-electron chi connectivity index (χ3n) is 5.17. The number of nitrogens with zero attached hydrogens (tertiary/aromatic N) is 3. The lowest BCUT2D eigenvalue weighted by atomic mass is 10.1. The van der Waals surface area contributed by atoms with E-state index in [4.69, 9.17) is 11.6 Å². The Kier molecular flexibility index (Phi) is 7.69. The van der Waals surface area contributed by atoms with Crippen LogP contribution in [0.2, 0.25) is 5.02 Å². The van der Waals surface area contributed by atoms with E-state index in [-0.39, 0.29) is 23.1 Å². The van der Waals surface area contributed by atoms with Crippen molar-refractivity contribution < 1.29 is 13.6 Å². The summed E-state index contributed by atoms with van der Waals surface area (Å²) < 4.78 is 32.5. The molecule has 7 nitrogen and oxygen atoms in total. The highest BCUT2D eigenvalue weighted by atomic mass is 35.5. The Bertz CT molecular complexity index is 1300. The topological polar surface area (TPSA) is 95.4 Å². The van der Waals surface area contributed by atoms with E-state index < -0.39 is 17.2 Å². The Hall–Kier alpha value is -3.11. The molecule has 0 bridgehead atoms. The van der Waals surface area contributed by atoms with Crippen LogP contribution < -0.4 is 9.62 Å². The van der Waals surface area contributed by atoms with E-state index in [1.807, 2.05) is 67.6 Å². The van der Waals surface area contributed by atoms with E-state index >= 15 is 0 Å². The minimum atomic E-state index is -2.54. The van der Waals surface area contributed by atoms with Crippen LogP contribution in [-0.2, 0) is 17.7 Å². The number of nitrogens with one attached hydrogen (secondary N) is 1. The fourth-order valence-corrected chi connectivity index (χ4v) is 4.87. The van der Waals surface area contributed by atoms with Crippen molar-refractivity contribution in [3.8, 4) is 0 Å². The van der Waals surface area contributed by atoms with Crippen molar-refractivity contribution in [1.82, 2.24) is 14.1 Å². The summed E-state index contributed by atoms with van der Waals surface area (Å²) in [6.07, 6.45) is 0.410. The highest BCUT2D eigenvalue weighted by Gasteiger charge is 2.28. The number of carbonyl (C=O) groups excluding carboxylic acids is 1. The molecule has 4 aromatic rings. The molecule has 174 valence electrons. The molecular formula is C24H21ClN4O3S2. The van der Waals surface area contributed by atoms with Crippen molar-refractivity contribution in [3.05, 3.63) is 106 Å². The molecular weight excluding hydrogens is 492 g/mol. The maximum absolute atomic E-state index is 13.2. The van der Waals surface area contributed by atoms with Crippen LogP contribution in [0.15, 0.2) is 78.9 Å². The number of aromatic nitrogens is 2. The Morgan fingerprint density at radius 3 is 2.44 bits per heavy atom. The molecule has 2 unspecified atom stereocenters. The first-order valence-corrected chi connectivity index (χ1v) is 12.5. The summed E-state index contributed by atoms with van der Waals surface area (Å²) in [6, 6.07) is 23.4. The summed E-state index contributed by atoms with van der Waals surface area (Å²) in [5.41, 5.74) is 2.77. The van der Waals surface area contributed by atoms with Gasteiger partial charge in [-0.2, -0.15) is 8.75 Å². The van der Waals surface area contributed by atoms with E-state index in [9.17, 15) is 13.6 Å². The maximum Gasteiger partial charge on any atom is 0.268 e. The zero-order chi connectivity index (χ0) is 24.1. The zero-order valence-electron chi connectivity index (χ0n) is 18.1. The number of anilines is 2. The first-order valence-electron chi connectivity index (χ1n) is 10.4. The number of hydrogen-bond acceptors (Lipinski definition) is 5. The molecule has 1 aromatic heterocycles. The first kappa shape index (κ1) is 24.0. The molecule has 4 rings (SSSR count). The quantitative estimate of drug-likeness (QED) is 0.302. The molecule has 2 atom stereocenters. The van der Waals surface area contributed by atoms with Gasteiger partial charge in [-0.1, -0.05) is 72.3 Å². The number of benzene rings is 3. The van der Waals surface area contributed by atoms with E-state index in [0.29, 0.717) is 17.1 Å². The highest BCUT2D eigenvalue weighted by Crippen LogP contribution is 2.34. The maximum atomic E-state index is 13.2. The second kappa shape index (κ2) is 10.9. The number of amides is 1. The SMILES string of the molecule is CC(NC(=O)c1ccc(Cl)cc1N(c1nsnc1Cc1ccccc1)S(=O)O)c1ccccc1. The predicted octanol–water partition coefficient (Wildman–Crippen LogP) is 5.55. The molecule has 1 heterocycles. The second-order valence-corrected chi connectivity index (χ2v) is 9.28. The van der Waals surface area contributed by atoms with Crippen LogP contribution in [-0.4, -0.2) is 23.4 Å². The Morgan fingerprint density at radius 1 is 1.09 bits per heavy atom. The standard InChI is InChI=1S/C24H21ClN4O3S2/c1-16(18-10-6-3-7-11-18)26-24(30)20-13-12-19(25)15-22(20)29(34(31)32)23-21(27-33-28-23)14-17-8-4-2-5-9-17/h2-13,15-16H,14H2,1H3,(H,26,30)(H,31,32). The third kappa shape index (κ3) is 5.51. The van der Waals surface area contributed by atoms with Crippen molar-refractivity contribution in [2.45, 2.75) is 19.4 Å². The zero-order valence-corrected chi connectivity index (χ0v) is 20.5. The van der Waals surface area contributed by atoms with E-state index in [1.165, 1.54) is 12.1 Å². The lowest BCUT2D eigenvalue weighted by Gasteiger charge is -2.22. The lowest BCUT2D eigenvalue weighted by molar-refractivity contribution is 0.0940. The molecule has 34 heavy (non-hydrogen) atoms. The van der Waals surface area contributed by atoms with Gasteiger partial charge in [0.05, 0.1) is 29.0 Å². The Balaban J connectivity index is 1.70. The minimum Gasteiger partial charge on any atom is -0.345 e. The van der Waals surface area contributed by atoms with Gasteiger partial charge in [-0.25, -0.2) is 8.51 Å². The molecule has 10 heteroatoms. The average Bonchev–Trinajstić information content (AvgIpc) is 3.27. The van der Waals surface area contributed by atoms with Crippen LogP contribution in [0.4, 0.5) is 11.5 Å². The van der Waals surface area contributed by atoms with Crippen molar-refractivity contribution in [1.29, 1.82) is 0 Å². The van der Waals surface area contributed by atoms with E-state index in [0.717, 1.165) is 27.2 Å². The summed E-state index contributed by atoms with van der Waals surface area (Å²) in [4.78, 5) is 13.2. The first-order chi connectivity index (χ1) is 16.4. The van der Waals surface area contributed by atoms with Gasteiger partial charge in [0.15, 0.2) is 5.82 Å². The Labute approximate surface area is 209 Å². The molecule has 0 spiro atoms. The smallest absolute Gasteiger partial charge is 0.268 e. The van der Waals surface area contributed by atoms with Crippen LogP contribution in [0, 0.1) is 0 Å². The number of carbonyl (C=O) groups is 1. The van der Waals surface area contributed by atoms with Crippen molar-refractivity contribution in [2.75, 3.05) is 4.31 Å². The van der Waals surface area contributed by atoms with Crippen LogP contribution in [0.25, 0.3) is 0 Å². The van der Waals surface area contributed by atoms with Gasteiger partial charge in [0.1, 0.15) is 5.69 Å². The molecule has 0 fully saturated rings. The molecule has 2 N–H and O–H groups in total. The highest BCUT2D eigenvalue weighted by molar-refractivity contribution is 7.81. The summed E-state index contributed by atoms with van der Waals surface area (Å²) in [5, 5.41) is 3.25. The van der Waals surface area contributed by atoms with Crippen LogP contribution in [0.5, 0.6) is 0 Å². The number of rotatable bonds is 8. The van der Waals surface area contributed by atoms with Crippen molar-refractivity contribution in [2.24, 2.45) is 0 Å². The molecule has 0 saturated heterocycles. The van der Waals surface area contributed by atoms with Gasteiger partial charge in [0.2, 0.25) is 0 Å². The summed E-state index contributed by atoms with van der Waals surface area (Å²) in [7, 11) is 0. The van der Waals surface area contributed by atoms with Gasteiger partial charge in [-0.05, 0) is 36.2 Å². The van der Waals surface area contributed by atoms with Crippen LogP contribution in [0.3, 0.4) is 0 Å². The summed E-state index contributed by atoms with van der Waals surface area (Å²) in [6.45, 7) is 1.87. The van der Waals surface area contributed by atoms with Gasteiger partial charge in [0, 0.05) is 11.4 Å². The third-order valence-corrected chi connectivity index (χ3v) is 6.64. The molecule has 0 aliphatic heterocycles. The molecule has 1 amide bonds. The second-order valence-electron chi connectivity index (χ2n) is 7.49. The normalized spacial score (nSPS) is 12.7. The van der Waals surface area contributed by atoms with Gasteiger partial charge < -0.3 is 5.32 Å². The summed E-state index contributed by atoms with van der Waals surface area (Å²) in [5.74, 6) is -0.214. The molecule has 0 aliphatic carbocycles. The molecule has 0 radical (unpaired) electrons. The summed E-state index contributed by atoms with van der Waals surface area (Å²) >= 11 is 4.63. The van der Waals surface area contributed by atoms with Crippen molar-refractivity contribution in [3.63, 3.8) is 0 Å². The monoisotopic (exact) mass is 512 g/mol. The van der Waals surface area contributed by atoms with Gasteiger partial charge in [-0.15, -0.1) is 0 Å².